The highest BCUT2D eigenvalue weighted by Crippen LogP contribution is 2.29. The van der Waals surface area contributed by atoms with Crippen molar-refractivity contribution >= 4 is 5.91 Å². The first-order chi connectivity index (χ1) is 21.1. The Morgan fingerprint density at radius 3 is 1.88 bits per heavy atom. The van der Waals surface area contributed by atoms with Gasteiger partial charge in [-0.2, -0.15) is 0 Å². The summed E-state index contributed by atoms with van der Waals surface area (Å²) in [4.78, 5) is 12.3. The standard InChI is InChI=1S/C38H65NO4/c1-3-5-7-9-11-12-13-14-15-16-18-21-25-29-35(41)34(33-40)39-38(42)32-28-24-20-17-19-23-27-31-37-36(43-37)30-26-22-10-8-6-4-2/h7,9,17,20,22-23,25-27,29,34-37,40-41H,3-6,8,10-16,18-19,21,24,28,30-33H2,1-2H3,(H,39,42)/b9-7-,20-17-,26-22-,27-23-,29-25+/t34-,35+,36?,37?/m0/s1. The number of hydrogen-bond donors (Lipinski definition) is 3. The molecule has 4 atom stereocenters. The molecule has 1 saturated heterocycles. The molecule has 246 valence electrons. The van der Waals surface area contributed by atoms with Crippen molar-refractivity contribution in [1.82, 2.24) is 5.32 Å². The minimum absolute atomic E-state index is 0.129. The lowest BCUT2D eigenvalue weighted by atomic mass is 10.1. The Labute approximate surface area is 264 Å². The van der Waals surface area contributed by atoms with Crippen molar-refractivity contribution in [1.29, 1.82) is 0 Å². The van der Waals surface area contributed by atoms with Crippen molar-refractivity contribution in [3.05, 3.63) is 60.8 Å². The maximum Gasteiger partial charge on any atom is 0.220 e. The highest BCUT2D eigenvalue weighted by molar-refractivity contribution is 5.76. The Bertz CT molecular complexity index is 800. The highest BCUT2D eigenvalue weighted by Gasteiger charge is 2.35. The summed E-state index contributed by atoms with van der Waals surface area (Å²) in [6.45, 7) is 4.17. The van der Waals surface area contributed by atoms with E-state index in [2.05, 4.69) is 67.8 Å². The van der Waals surface area contributed by atoms with Crippen molar-refractivity contribution in [2.75, 3.05) is 6.61 Å². The number of allylic oxidation sites excluding steroid dienone is 7. The zero-order chi connectivity index (χ0) is 31.2. The van der Waals surface area contributed by atoms with Crippen LogP contribution < -0.4 is 5.32 Å². The van der Waals surface area contributed by atoms with Gasteiger partial charge in [0.2, 0.25) is 5.91 Å². The molecule has 0 saturated carbocycles. The van der Waals surface area contributed by atoms with Gasteiger partial charge in [-0.1, -0.05) is 120 Å². The van der Waals surface area contributed by atoms with Gasteiger partial charge in [0.25, 0.3) is 0 Å². The monoisotopic (exact) mass is 599 g/mol. The topological polar surface area (TPSA) is 82.1 Å². The highest BCUT2D eigenvalue weighted by atomic mass is 16.6. The molecule has 3 N–H and O–H groups in total. The van der Waals surface area contributed by atoms with E-state index in [1.807, 2.05) is 6.08 Å². The second-order valence-electron chi connectivity index (χ2n) is 12.0. The van der Waals surface area contributed by atoms with Crippen LogP contribution in [0, 0.1) is 0 Å². The molecule has 1 aliphatic rings. The van der Waals surface area contributed by atoms with Gasteiger partial charge in [0.1, 0.15) is 0 Å². The van der Waals surface area contributed by atoms with Gasteiger partial charge < -0.3 is 20.3 Å². The molecule has 1 fully saturated rings. The maximum atomic E-state index is 12.3. The average molecular weight is 600 g/mol. The van der Waals surface area contributed by atoms with E-state index in [0.717, 1.165) is 44.9 Å². The molecule has 43 heavy (non-hydrogen) atoms. The molecule has 0 radical (unpaired) electrons. The van der Waals surface area contributed by atoms with E-state index in [0.29, 0.717) is 18.6 Å². The number of unbranched alkanes of at least 4 members (excludes halogenated alkanes) is 12. The molecule has 1 rings (SSSR count). The number of amides is 1. The zero-order valence-corrected chi connectivity index (χ0v) is 27.6. The van der Waals surface area contributed by atoms with Crippen molar-refractivity contribution < 1.29 is 19.7 Å². The predicted octanol–water partition coefficient (Wildman–Crippen LogP) is 9.21. The third-order valence-corrected chi connectivity index (χ3v) is 7.85. The molecule has 0 spiro atoms. The maximum absolute atomic E-state index is 12.3. The van der Waals surface area contributed by atoms with E-state index in [9.17, 15) is 15.0 Å². The van der Waals surface area contributed by atoms with Gasteiger partial charge in [0.15, 0.2) is 0 Å². The van der Waals surface area contributed by atoms with Gasteiger partial charge in [0.05, 0.1) is 31.0 Å². The average Bonchev–Trinajstić information content (AvgIpc) is 3.76. The van der Waals surface area contributed by atoms with Crippen LogP contribution in [-0.4, -0.2) is 47.1 Å². The number of hydrogen-bond acceptors (Lipinski definition) is 4. The molecule has 0 aromatic carbocycles. The Morgan fingerprint density at radius 1 is 0.674 bits per heavy atom. The molecule has 5 nitrogen and oxygen atoms in total. The van der Waals surface area contributed by atoms with Crippen LogP contribution in [0.1, 0.15) is 142 Å². The fourth-order valence-electron chi connectivity index (χ4n) is 4.98. The number of aliphatic hydroxyl groups excluding tert-OH is 2. The van der Waals surface area contributed by atoms with Crippen LogP contribution >= 0.6 is 0 Å². The van der Waals surface area contributed by atoms with Crippen LogP contribution in [0.5, 0.6) is 0 Å². The van der Waals surface area contributed by atoms with Crippen LogP contribution in [-0.2, 0) is 9.53 Å². The summed E-state index contributed by atoms with van der Waals surface area (Å²) in [5, 5.41) is 22.8. The summed E-state index contributed by atoms with van der Waals surface area (Å²) in [6.07, 6.45) is 43.3. The van der Waals surface area contributed by atoms with Gasteiger partial charge in [-0.15, -0.1) is 0 Å². The molecule has 5 heteroatoms. The van der Waals surface area contributed by atoms with Gasteiger partial charge in [-0.3, -0.25) is 4.79 Å². The van der Waals surface area contributed by atoms with Gasteiger partial charge >= 0.3 is 0 Å². The smallest absolute Gasteiger partial charge is 0.220 e. The number of aliphatic hydroxyl groups is 2. The first kappa shape index (κ1) is 39.1. The molecular formula is C38H65NO4. The number of carbonyl (C=O) groups is 1. The summed E-state index contributed by atoms with van der Waals surface area (Å²) >= 11 is 0. The number of ether oxygens (including phenoxy) is 1. The lowest BCUT2D eigenvalue weighted by Crippen LogP contribution is -2.45. The van der Waals surface area contributed by atoms with Gasteiger partial charge in [0, 0.05) is 6.42 Å². The van der Waals surface area contributed by atoms with Crippen LogP contribution in [0.3, 0.4) is 0 Å². The summed E-state index contributed by atoms with van der Waals surface area (Å²) < 4.78 is 5.74. The quantitative estimate of drug-likeness (QED) is 0.0455. The fraction of sp³-hybridized carbons (Fsp3) is 0.711. The number of rotatable bonds is 29. The Kier molecular flexibility index (Phi) is 26.2. The molecule has 2 unspecified atom stereocenters. The van der Waals surface area contributed by atoms with Crippen LogP contribution in [0.15, 0.2) is 60.8 Å². The number of carbonyl (C=O) groups excluding carboxylic acids is 1. The van der Waals surface area contributed by atoms with E-state index >= 15 is 0 Å². The molecule has 1 heterocycles. The molecule has 1 amide bonds. The second kappa shape index (κ2) is 28.8. The van der Waals surface area contributed by atoms with Crippen LogP contribution in [0.4, 0.5) is 0 Å². The van der Waals surface area contributed by atoms with Crippen molar-refractivity contribution in [3.8, 4) is 0 Å². The van der Waals surface area contributed by atoms with E-state index in [1.54, 1.807) is 6.08 Å². The van der Waals surface area contributed by atoms with Gasteiger partial charge in [-0.25, -0.2) is 0 Å². The SMILES string of the molecule is CCC/C=C\CCCCCCCC/C=C/[C@@H](O)[C@H](CO)NC(=O)CCC/C=C\C/C=C\CC1OC1C/C=C\CCCCC. The third-order valence-electron chi connectivity index (χ3n) is 7.85. The Morgan fingerprint density at radius 2 is 1.21 bits per heavy atom. The normalized spacial score (nSPS) is 18.6. The zero-order valence-electron chi connectivity index (χ0n) is 27.6. The van der Waals surface area contributed by atoms with E-state index in [4.69, 9.17) is 4.74 Å². The second-order valence-corrected chi connectivity index (χ2v) is 12.0. The van der Waals surface area contributed by atoms with Crippen LogP contribution in [0.2, 0.25) is 0 Å². The summed E-state index contributed by atoms with van der Waals surface area (Å²) in [6, 6.07) is -0.660. The number of epoxide rings is 1. The van der Waals surface area contributed by atoms with E-state index in [-0.39, 0.29) is 12.5 Å². The molecule has 0 aromatic rings. The molecule has 0 bridgehead atoms. The van der Waals surface area contributed by atoms with Crippen molar-refractivity contribution in [2.45, 2.75) is 167 Å². The number of nitrogens with one attached hydrogen (secondary N) is 1. The molecular weight excluding hydrogens is 534 g/mol. The summed E-state index contributed by atoms with van der Waals surface area (Å²) in [5.74, 6) is -0.129. The van der Waals surface area contributed by atoms with Crippen molar-refractivity contribution in [3.63, 3.8) is 0 Å². The van der Waals surface area contributed by atoms with E-state index in [1.165, 1.54) is 77.0 Å². The predicted molar refractivity (Wildman–Crippen MR) is 183 cm³/mol. The third kappa shape index (κ3) is 24.1. The first-order valence-electron chi connectivity index (χ1n) is 17.6. The largest absolute Gasteiger partial charge is 0.394 e. The Hall–Kier alpha value is -1.95. The lowest BCUT2D eigenvalue weighted by molar-refractivity contribution is -0.122. The fourth-order valence-corrected chi connectivity index (χ4v) is 4.98. The van der Waals surface area contributed by atoms with Crippen LogP contribution in [0.25, 0.3) is 0 Å². The minimum Gasteiger partial charge on any atom is -0.394 e. The van der Waals surface area contributed by atoms with E-state index < -0.39 is 12.1 Å². The lowest BCUT2D eigenvalue weighted by Gasteiger charge is -2.19. The minimum atomic E-state index is -0.871. The van der Waals surface area contributed by atoms with Gasteiger partial charge in [-0.05, 0) is 77.0 Å². The summed E-state index contributed by atoms with van der Waals surface area (Å²) in [7, 11) is 0. The summed E-state index contributed by atoms with van der Waals surface area (Å²) in [5.41, 5.74) is 0. The first-order valence-corrected chi connectivity index (χ1v) is 17.6. The molecule has 1 aliphatic heterocycles. The molecule has 0 aromatic heterocycles. The molecule has 0 aliphatic carbocycles. The van der Waals surface area contributed by atoms with Crippen molar-refractivity contribution in [2.24, 2.45) is 0 Å². The Balaban J connectivity index is 2.01.